The third-order valence-electron chi connectivity index (χ3n) is 4.65. The van der Waals surface area contributed by atoms with E-state index in [1.54, 1.807) is 30.3 Å². The first kappa shape index (κ1) is 19.4. The van der Waals surface area contributed by atoms with Gasteiger partial charge in [-0.25, -0.2) is 0 Å². The molecule has 3 aromatic rings. The van der Waals surface area contributed by atoms with Gasteiger partial charge in [-0.2, -0.15) is 0 Å². The van der Waals surface area contributed by atoms with Gasteiger partial charge < -0.3 is 4.74 Å². The molecule has 0 unspecified atom stereocenters. The van der Waals surface area contributed by atoms with Crippen molar-refractivity contribution in [3.8, 4) is 18.1 Å². The first-order chi connectivity index (χ1) is 14.6. The molecule has 1 heterocycles. The number of ether oxygens (including phenoxy) is 1. The Morgan fingerprint density at radius 3 is 2.53 bits per heavy atom. The van der Waals surface area contributed by atoms with Gasteiger partial charge in [-0.15, -0.1) is 6.42 Å². The molecule has 3 aromatic carbocycles. The van der Waals surface area contributed by atoms with Crippen molar-refractivity contribution in [2.75, 3.05) is 11.5 Å². The second-order valence-electron chi connectivity index (χ2n) is 6.48. The number of para-hydroxylation sites is 1. The van der Waals surface area contributed by atoms with Crippen LogP contribution in [0.1, 0.15) is 5.56 Å². The minimum absolute atomic E-state index is 0.0371. The summed E-state index contributed by atoms with van der Waals surface area (Å²) in [6, 6.07) is 20.2. The lowest BCUT2D eigenvalue weighted by molar-refractivity contribution is -0.122. The molecule has 0 aromatic heterocycles. The Kier molecular flexibility index (Phi) is 5.29. The SMILES string of the molecule is C#CCOc1ccc2ccccc2c1/C=C1\C(=O)NC(=S)N(c2ccccc2)C1=O. The number of rotatable bonds is 4. The van der Waals surface area contributed by atoms with Crippen molar-refractivity contribution in [2.24, 2.45) is 0 Å². The van der Waals surface area contributed by atoms with Gasteiger partial charge in [0.1, 0.15) is 17.9 Å². The van der Waals surface area contributed by atoms with Crippen molar-refractivity contribution in [2.45, 2.75) is 0 Å². The van der Waals surface area contributed by atoms with E-state index in [9.17, 15) is 9.59 Å². The lowest BCUT2D eigenvalue weighted by Crippen LogP contribution is -2.54. The summed E-state index contributed by atoms with van der Waals surface area (Å²) in [6.07, 6.45) is 6.87. The van der Waals surface area contributed by atoms with Crippen LogP contribution in [0, 0.1) is 12.3 Å². The van der Waals surface area contributed by atoms with E-state index < -0.39 is 11.8 Å². The van der Waals surface area contributed by atoms with Gasteiger partial charge in [-0.3, -0.25) is 19.8 Å². The van der Waals surface area contributed by atoms with Crippen LogP contribution in [-0.2, 0) is 9.59 Å². The molecule has 146 valence electrons. The molecular formula is C24H16N2O3S. The van der Waals surface area contributed by atoms with Crippen LogP contribution in [-0.4, -0.2) is 23.5 Å². The monoisotopic (exact) mass is 412 g/mol. The average molecular weight is 412 g/mol. The van der Waals surface area contributed by atoms with E-state index in [1.165, 1.54) is 11.0 Å². The number of nitrogens with zero attached hydrogens (tertiary/aromatic N) is 1. The first-order valence-corrected chi connectivity index (χ1v) is 9.55. The highest BCUT2D eigenvalue weighted by molar-refractivity contribution is 7.80. The number of hydrogen-bond donors (Lipinski definition) is 1. The Morgan fingerprint density at radius 1 is 1.03 bits per heavy atom. The molecule has 1 N–H and O–H groups in total. The molecular weight excluding hydrogens is 396 g/mol. The summed E-state index contributed by atoms with van der Waals surface area (Å²) in [4.78, 5) is 27.2. The summed E-state index contributed by atoms with van der Waals surface area (Å²) in [5.41, 5.74) is 1.12. The summed E-state index contributed by atoms with van der Waals surface area (Å²) in [5, 5.41) is 4.41. The van der Waals surface area contributed by atoms with Crippen LogP contribution in [0.3, 0.4) is 0 Å². The number of carbonyl (C=O) groups is 2. The molecule has 2 amide bonds. The van der Waals surface area contributed by atoms with Crippen molar-refractivity contribution in [3.05, 3.63) is 77.9 Å². The fourth-order valence-corrected chi connectivity index (χ4v) is 3.56. The molecule has 1 aliphatic rings. The summed E-state index contributed by atoms with van der Waals surface area (Å²) in [6.45, 7) is 0.0644. The fraction of sp³-hybridized carbons (Fsp3) is 0.0417. The predicted octanol–water partition coefficient (Wildman–Crippen LogP) is 3.68. The van der Waals surface area contributed by atoms with Crippen LogP contribution < -0.4 is 15.0 Å². The van der Waals surface area contributed by atoms with Crippen molar-refractivity contribution in [1.29, 1.82) is 0 Å². The number of thiocarbonyl (C=S) groups is 1. The molecule has 0 spiro atoms. The molecule has 0 radical (unpaired) electrons. The summed E-state index contributed by atoms with van der Waals surface area (Å²) in [7, 11) is 0. The topological polar surface area (TPSA) is 58.6 Å². The van der Waals surface area contributed by atoms with Gasteiger partial charge in [-0.1, -0.05) is 54.5 Å². The van der Waals surface area contributed by atoms with E-state index in [-0.39, 0.29) is 17.3 Å². The number of amides is 2. The highest BCUT2D eigenvalue weighted by Gasteiger charge is 2.34. The molecule has 0 bridgehead atoms. The number of fused-ring (bicyclic) bond motifs is 1. The van der Waals surface area contributed by atoms with E-state index in [0.29, 0.717) is 17.0 Å². The number of hydrogen-bond acceptors (Lipinski definition) is 4. The second kappa shape index (κ2) is 8.19. The van der Waals surface area contributed by atoms with Crippen LogP contribution in [0.5, 0.6) is 5.75 Å². The van der Waals surface area contributed by atoms with Crippen molar-refractivity contribution >= 4 is 51.7 Å². The van der Waals surface area contributed by atoms with Crippen LogP contribution >= 0.6 is 12.2 Å². The van der Waals surface area contributed by atoms with Crippen molar-refractivity contribution < 1.29 is 14.3 Å². The molecule has 1 saturated heterocycles. The average Bonchev–Trinajstić information content (AvgIpc) is 2.76. The minimum atomic E-state index is -0.562. The molecule has 4 rings (SSSR count). The maximum Gasteiger partial charge on any atom is 0.270 e. The van der Waals surface area contributed by atoms with Gasteiger partial charge in [0.25, 0.3) is 11.8 Å². The molecule has 0 saturated carbocycles. The third-order valence-corrected chi connectivity index (χ3v) is 4.93. The smallest absolute Gasteiger partial charge is 0.270 e. The largest absolute Gasteiger partial charge is 0.480 e. The summed E-state index contributed by atoms with van der Waals surface area (Å²) >= 11 is 5.24. The van der Waals surface area contributed by atoms with Crippen LogP contribution in [0.25, 0.3) is 16.8 Å². The Bertz CT molecular complexity index is 1240. The van der Waals surface area contributed by atoms with Gasteiger partial charge in [0.2, 0.25) is 0 Å². The maximum absolute atomic E-state index is 13.2. The van der Waals surface area contributed by atoms with Gasteiger partial charge >= 0.3 is 0 Å². The Balaban J connectivity index is 1.86. The quantitative estimate of drug-likeness (QED) is 0.307. The zero-order valence-corrected chi connectivity index (χ0v) is 16.6. The Morgan fingerprint density at radius 2 is 1.77 bits per heavy atom. The normalized spacial score (nSPS) is 15.2. The van der Waals surface area contributed by atoms with E-state index in [2.05, 4.69) is 11.2 Å². The molecule has 0 aliphatic carbocycles. The maximum atomic E-state index is 13.2. The number of carbonyl (C=O) groups excluding carboxylic acids is 2. The first-order valence-electron chi connectivity index (χ1n) is 9.14. The fourth-order valence-electron chi connectivity index (χ4n) is 3.28. The van der Waals surface area contributed by atoms with Gasteiger partial charge in [-0.05, 0) is 47.3 Å². The molecule has 1 fully saturated rings. The molecule has 6 heteroatoms. The zero-order valence-electron chi connectivity index (χ0n) is 15.8. The lowest BCUT2D eigenvalue weighted by atomic mass is 9.99. The van der Waals surface area contributed by atoms with Crippen LogP contribution in [0.2, 0.25) is 0 Å². The van der Waals surface area contributed by atoms with Crippen LogP contribution in [0.15, 0.2) is 72.3 Å². The number of terminal acetylenes is 1. The number of benzene rings is 3. The third kappa shape index (κ3) is 3.54. The summed E-state index contributed by atoms with van der Waals surface area (Å²) < 4.78 is 5.68. The van der Waals surface area contributed by atoms with E-state index in [1.807, 2.05) is 36.4 Å². The van der Waals surface area contributed by atoms with E-state index >= 15 is 0 Å². The summed E-state index contributed by atoms with van der Waals surface area (Å²) in [5.74, 6) is 1.85. The van der Waals surface area contributed by atoms with E-state index in [4.69, 9.17) is 23.4 Å². The van der Waals surface area contributed by atoms with Crippen molar-refractivity contribution in [1.82, 2.24) is 5.32 Å². The van der Waals surface area contributed by atoms with Crippen molar-refractivity contribution in [3.63, 3.8) is 0 Å². The van der Waals surface area contributed by atoms with Gasteiger partial charge in [0.05, 0.1) is 5.69 Å². The highest BCUT2D eigenvalue weighted by atomic mass is 32.1. The Labute approximate surface area is 178 Å². The minimum Gasteiger partial charge on any atom is -0.480 e. The molecule has 5 nitrogen and oxygen atoms in total. The standard InChI is InChI=1S/C24H16N2O3S/c1-2-14-29-21-13-12-16-8-6-7-11-18(16)19(21)15-20-22(27)25-24(30)26(23(20)28)17-9-4-3-5-10-17/h1,3-13,15H,14H2,(H,25,27,30)/b20-15+. The Hall–Kier alpha value is -3.95. The van der Waals surface area contributed by atoms with Gasteiger partial charge in [0.15, 0.2) is 5.11 Å². The second-order valence-corrected chi connectivity index (χ2v) is 6.87. The predicted molar refractivity (Wildman–Crippen MR) is 121 cm³/mol. The zero-order chi connectivity index (χ0) is 21.1. The van der Waals surface area contributed by atoms with Gasteiger partial charge in [0, 0.05) is 5.56 Å². The molecule has 30 heavy (non-hydrogen) atoms. The van der Waals surface area contributed by atoms with Crippen LogP contribution in [0.4, 0.5) is 5.69 Å². The lowest BCUT2D eigenvalue weighted by Gasteiger charge is -2.29. The number of anilines is 1. The number of nitrogens with one attached hydrogen (secondary N) is 1. The highest BCUT2D eigenvalue weighted by Crippen LogP contribution is 2.31. The van der Waals surface area contributed by atoms with E-state index in [0.717, 1.165) is 10.8 Å². The molecule has 1 aliphatic heterocycles. The molecule has 0 atom stereocenters.